The maximum Gasteiger partial charge on any atom is 0.249 e. The summed E-state index contributed by atoms with van der Waals surface area (Å²) in [5, 5.41) is 4.91. The normalized spacial score (nSPS) is 30.0. The van der Waals surface area contributed by atoms with Crippen LogP contribution in [0.15, 0.2) is 0 Å². The molecular formula is C10H14N2O3S. The molecule has 2 atom stereocenters. The standard InChI is InChI=1S/C10H14N2O3S/c13-8-4-3-6(9(14)12-8)11-10(15)7-2-1-5-16-7/h6-7H,1-5H2,(H,11,15)(H,12,13,14). The van der Waals surface area contributed by atoms with Crippen LogP contribution in [0, 0.1) is 0 Å². The molecule has 5 nitrogen and oxygen atoms in total. The number of hydrogen-bond acceptors (Lipinski definition) is 4. The summed E-state index contributed by atoms with van der Waals surface area (Å²) in [5.41, 5.74) is 0. The second kappa shape index (κ2) is 4.86. The average molecular weight is 242 g/mol. The van der Waals surface area contributed by atoms with E-state index in [0.717, 1.165) is 18.6 Å². The largest absolute Gasteiger partial charge is 0.343 e. The molecule has 3 amide bonds. The van der Waals surface area contributed by atoms with Gasteiger partial charge < -0.3 is 5.32 Å². The summed E-state index contributed by atoms with van der Waals surface area (Å²) in [6, 6.07) is -0.536. The zero-order valence-electron chi connectivity index (χ0n) is 8.82. The van der Waals surface area contributed by atoms with Crippen molar-refractivity contribution in [2.45, 2.75) is 37.0 Å². The van der Waals surface area contributed by atoms with Crippen LogP contribution in [0.4, 0.5) is 0 Å². The second-order valence-electron chi connectivity index (χ2n) is 4.01. The van der Waals surface area contributed by atoms with E-state index in [2.05, 4.69) is 10.6 Å². The van der Waals surface area contributed by atoms with Crippen molar-refractivity contribution >= 4 is 29.5 Å². The number of carbonyl (C=O) groups is 3. The third kappa shape index (κ3) is 2.55. The summed E-state index contributed by atoms with van der Waals surface area (Å²) in [6.07, 6.45) is 2.64. The molecule has 0 aromatic rings. The molecule has 0 aromatic heterocycles. The lowest BCUT2D eigenvalue weighted by Crippen LogP contribution is -2.53. The van der Waals surface area contributed by atoms with Gasteiger partial charge in [0.25, 0.3) is 0 Å². The summed E-state index contributed by atoms with van der Waals surface area (Å²) in [4.78, 5) is 34.1. The third-order valence-corrected chi connectivity index (χ3v) is 4.15. The number of amides is 3. The highest BCUT2D eigenvalue weighted by Crippen LogP contribution is 2.26. The van der Waals surface area contributed by atoms with E-state index < -0.39 is 6.04 Å². The summed E-state index contributed by atoms with van der Waals surface area (Å²) in [6.45, 7) is 0. The number of rotatable bonds is 2. The van der Waals surface area contributed by atoms with Crippen LogP contribution in [-0.2, 0) is 14.4 Å². The maximum atomic E-state index is 11.7. The van der Waals surface area contributed by atoms with E-state index >= 15 is 0 Å². The van der Waals surface area contributed by atoms with Gasteiger partial charge in [0.1, 0.15) is 6.04 Å². The smallest absolute Gasteiger partial charge is 0.249 e. The van der Waals surface area contributed by atoms with Crippen LogP contribution in [0.25, 0.3) is 0 Å². The molecule has 2 aliphatic heterocycles. The fourth-order valence-corrected chi connectivity index (χ4v) is 3.05. The molecule has 2 aliphatic rings. The van der Waals surface area contributed by atoms with Crippen LogP contribution in [0.3, 0.4) is 0 Å². The van der Waals surface area contributed by atoms with Crippen LogP contribution in [0.2, 0.25) is 0 Å². The van der Waals surface area contributed by atoms with E-state index in [1.165, 1.54) is 0 Å². The van der Waals surface area contributed by atoms with Crippen molar-refractivity contribution in [3.05, 3.63) is 0 Å². The predicted octanol–water partition coefficient (Wildman–Crippen LogP) is -0.197. The van der Waals surface area contributed by atoms with Gasteiger partial charge in [0.05, 0.1) is 5.25 Å². The molecule has 0 radical (unpaired) electrons. The molecule has 0 bridgehead atoms. The molecule has 2 saturated heterocycles. The van der Waals surface area contributed by atoms with Crippen LogP contribution in [-0.4, -0.2) is 34.8 Å². The fourth-order valence-electron chi connectivity index (χ4n) is 1.88. The lowest BCUT2D eigenvalue weighted by atomic mass is 10.1. The summed E-state index contributed by atoms with van der Waals surface area (Å²) >= 11 is 1.63. The first-order valence-corrected chi connectivity index (χ1v) is 6.47. The minimum Gasteiger partial charge on any atom is -0.343 e. The van der Waals surface area contributed by atoms with Crippen molar-refractivity contribution in [2.24, 2.45) is 0 Å². The summed E-state index contributed by atoms with van der Waals surface area (Å²) < 4.78 is 0. The average Bonchev–Trinajstić information content (AvgIpc) is 2.75. The number of carbonyl (C=O) groups excluding carboxylic acids is 3. The Morgan fingerprint density at radius 2 is 2.19 bits per heavy atom. The number of nitrogens with one attached hydrogen (secondary N) is 2. The number of piperidine rings is 1. The highest BCUT2D eigenvalue weighted by Gasteiger charge is 2.31. The topological polar surface area (TPSA) is 75.3 Å². The first-order chi connectivity index (χ1) is 7.66. The molecule has 16 heavy (non-hydrogen) atoms. The lowest BCUT2D eigenvalue weighted by molar-refractivity contribution is -0.137. The van der Waals surface area contributed by atoms with Gasteiger partial charge in [-0.05, 0) is 25.0 Å². The summed E-state index contributed by atoms with van der Waals surface area (Å²) in [5.74, 6) is 0.295. The lowest BCUT2D eigenvalue weighted by Gasteiger charge is -2.23. The summed E-state index contributed by atoms with van der Waals surface area (Å²) in [7, 11) is 0. The molecule has 0 saturated carbocycles. The third-order valence-electron chi connectivity index (χ3n) is 2.78. The fraction of sp³-hybridized carbons (Fsp3) is 0.700. The van der Waals surface area contributed by atoms with Crippen LogP contribution in [0.1, 0.15) is 25.7 Å². The van der Waals surface area contributed by atoms with Crippen molar-refractivity contribution in [2.75, 3.05) is 5.75 Å². The highest BCUT2D eigenvalue weighted by molar-refractivity contribution is 8.00. The van der Waals surface area contributed by atoms with Crippen LogP contribution < -0.4 is 10.6 Å². The van der Waals surface area contributed by atoms with Crippen LogP contribution >= 0.6 is 11.8 Å². The Bertz CT molecular complexity index is 326. The van der Waals surface area contributed by atoms with E-state index in [-0.39, 0.29) is 23.0 Å². The SMILES string of the molecule is O=C1CCC(NC(=O)C2CCCS2)C(=O)N1. The van der Waals surface area contributed by atoms with E-state index in [4.69, 9.17) is 0 Å². The second-order valence-corrected chi connectivity index (χ2v) is 5.32. The van der Waals surface area contributed by atoms with Gasteiger partial charge >= 0.3 is 0 Å². The zero-order chi connectivity index (χ0) is 11.5. The Kier molecular flexibility index (Phi) is 3.48. The van der Waals surface area contributed by atoms with E-state index in [0.29, 0.717) is 12.8 Å². The maximum absolute atomic E-state index is 11.7. The van der Waals surface area contributed by atoms with Crippen molar-refractivity contribution in [3.8, 4) is 0 Å². The molecule has 2 rings (SSSR count). The van der Waals surface area contributed by atoms with Gasteiger partial charge in [0.15, 0.2) is 0 Å². The van der Waals surface area contributed by atoms with Gasteiger partial charge in [-0.2, -0.15) is 0 Å². The molecule has 2 fully saturated rings. The Labute approximate surface area is 97.7 Å². The zero-order valence-corrected chi connectivity index (χ0v) is 9.64. The van der Waals surface area contributed by atoms with Crippen molar-refractivity contribution < 1.29 is 14.4 Å². The molecular weight excluding hydrogens is 228 g/mol. The van der Waals surface area contributed by atoms with E-state index in [1.54, 1.807) is 11.8 Å². The van der Waals surface area contributed by atoms with Gasteiger partial charge in [-0.3, -0.25) is 19.7 Å². The number of imide groups is 1. The Balaban J connectivity index is 1.86. The number of thioether (sulfide) groups is 1. The molecule has 6 heteroatoms. The predicted molar refractivity (Wildman–Crippen MR) is 59.8 cm³/mol. The molecule has 88 valence electrons. The molecule has 0 aromatic carbocycles. The van der Waals surface area contributed by atoms with Gasteiger partial charge in [-0.25, -0.2) is 0 Å². The minimum atomic E-state index is -0.536. The van der Waals surface area contributed by atoms with Crippen molar-refractivity contribution in [3.63, 3.8) is 0 Å². The first kappa shape index (κ1) is 11.4. The molecule has 2 N–H and O–H groups in total. The quantitative estimate of drug-likeness (QED) is 0.658. The van der Waals surface area contributed by atoms with Gasteiger partial charge in [-0.1, -0.05) is 0 Å². The Morgan fingerprint density at radius 3 is 2.81 bits per heavy atom. The van der Waals surface area contributed by atoms with Gasteiger partial charge in [0.2, 0.25) is 17.7 Å². The molecule has 2 unspecified atom stereocenters. The van der Waals surface area contributed by atoms with Crippen molar-refractivity contribution in [1.82, 2.24) is 10.6 Å². The van der Waals surface area contributed by atoms with Crippen LogP contribution in [0.5, 0.6) is 0 Å². The number of hydrogen-bond donors (Lipinski definition) is 2. The van der Waals surface area contributed by atoms with Gasteiger partial charge in [0, 0.05) is 6.42 Å². The van der Waals surface area contributed by atoms with E-state index in [9.17, 15) is 14.4 Å². The molecule has 0 spiro atoms. The molecule has 2 heterocycles. The van der Waals surface area contributed by atoms with Crippen molar-refractivity contribution in [1.29, 1.82) is 0 Å². The van der Waals surface area contributed by atoms with E-state index in [1.807, 2.05) is 0 Å². The highest BCUT2D eigenvalue weighted by atomic mass is 32.2. The Morgan fingerprint density at radius 1 is 1.38 bits per heavy atom. The molecule has 0 aliphatic carbocycles. The first-order valence-electron chi connectivity index (χ1n) is 5.42. The monoisotopic (exact) mass is 242 g/mol. The Hall–Kier alpha value is -1.04. The minimum absolute atomic E-state index is 0.0228. The van der Waals surface area contributed by atoms with Gasteiger partial charge in [-0.15, -0.1) is 11.8 Å².